The standard InChI is InChI=1S/C12H15FO/c1-9-4-3-7-12(9,14)10-5-2-6-11(13)8-10/h2,5-6,8-9,14H,3-4,7H2,1H3/t9-,12+/m0/s1. The normalized spacial score (nSPS) is 32.1. The zero-order valence-electron chi connectivity index (χ0n) is 8.33. The molecule has 0 spiro atoms. The second-order valence-electron chi connectivity index (χ2n) is 4.23. The minimum atomic E-state index is -0.803. The Hall–Kier alpha value is -0.890. The zero-order chi connectivity index (χ0) is 10.2. The van der Waals surface area contributed by atoms with Gasteiger partial charge in [-0.1, -0.05) is 19.1 Å². The molecule has 2 atom stereocenters. The molecule has 14 heavy (non-hydrogen) atoms. The third kappa shape index (κ3) is 1.44. The molecule has 1 fully saturated rings. The van der Waals surface area contributed by atoms with Crippen molar-refractivity contribution in [2.75, 3.05) is 0 Å². The molecule has 1 N–H and O–H groups in total. The number of halogens is 1. The average Bonchev–Trinajstić information content (AvgIpc) is 2.49. The molecule has 0 aromatic heterocycles. The summed E-state index contributed by atoms with van der Waals surface area (Å²) >= 11 is 0. The van der Waals surface area contributed by atoms with Crippen LogP contribution in [0.4, 0.5) is 4.39 Å². The van der Waals surface area contributed by atoms with Crippen molar-refractivity contribution in [1.29, 1.82) is 0 Å². The fourth-order valence-corrected chi connectivity index (χ4v) is 2.35. The predicted molar refractivity (Wildman–Crippen MR) is 53.3 cm³/mol. The second kappa shape index (κ2) is 3.35. The Morgan fingerprint density at radius 3 is 2.86 bits per heavy atom. The molecule has 0 heterocycles. The van der Waals surface area contributed by atoms with Gasteiger partial charge >= 0.3 is 0 Å². The van der Waals surface area contributed by atoms with Gasteiger partial charge in [-0.2, -0.15) is 0 Å². The molecule has 1 aromatic carbocycles. The molecule has 2 heteroatoms. The van der Waals surface area contributed by atoms with Crippen molar-refractivity contribution in [3.8, 4) is 0 Å². The van der Waals surface area contributed by atoms with Gasteiger partial charge in [0.15, 0.2) is 0 Å². The summed E-state index contributed by atoms with van der Waals surface area (Å²) in [7, 11) is 0. The van der Waals surface area contributed by atoms with E-state index in [-0.39, 0.29) is 11.7 Å². The summed E-state index contributed by atoms with van der Waals surface area (Å²) in [5.41, 5.74) is -0.0789. The van der Waals surface area contributed by atoms with Crippen LogP contribution in [0.5, 0.6) is 0 Å². The summed E-state index contributed by atoms with van der Waals surface area (Å²) in [4.78, 5) is 0. The van der Waals surface area contributed by atoms with Crippen molar-refractivity contribution in [2.45, 2.75) is 31.8 Å². The molecule has 76 valence electrons. The average molecular weight is 194 g/mol. The molecule has 1 aliphatic rings. The van der Waals surface area contributed by atoms with Crippen molar-refractivity contribution < 1.29 is 9.50 Å². The minimum absolute atomic E-state index is 0.226. The van der Waals surface area contributed by atoms with E-state index in [1.54, 1.807) is 6.07 Å². The molecule has 1 nitrogen and oxygen atoms in total. The predicted octanol–water partition coefficient (Wildman–Crippen LogP) is 2.83. The Morgan fingerprint density at radius 2 is 2.29 bits per heavy atom. The first-order valence-corrected chi connectivity index (χ1v) is 5.11. The third-order valence-electron chi connectivity index (χ3n) is 3.33. The minimum Gasteiger partial charge on any atom is -0.385 e. The zero-order valence-corrected chi connectivity index (χ0v) is 8.33. The highest BCUT2D eigenvalue weighted by Gasteiger charge is 2.39. The lowest BCUT2D eigenvalue weighted by molar-refractivity contribution is 0.00422. The molecule has 0 aliphatic heterocycles. The van der Waals surface area contributed by atoms with Crippen molar-refractivity contribution in [2.24, 2.45) is 5.92 Å². The topological polar surface area (TPSA) is 20.2 Å². The molecule has 0 bridgehead atoms. The fraction of sp³-hybridized carbons (Fsp3) is 0.500. The smallest absolute Gasteiger partial charge is 0.123 e. The van der Waals surface area contributed by atoms with Crippen LogP contribution in [-0.4, -0.2) is 5.11 Å². The van der Waals surface area contributed by atoms with Crippen LogP contribution in [0, 0.1) is 11.7 Å². The van der Waals surface area contributed by atoms with Gasteiger partial charge in [-0.05, 0) is 42.9 Å². The van der Waals surface area contributed by atoms with Gasteiger partial charge in [0.25, 0.3) is 0 Å². The van der Waals surface area contributed by atoms with Crippen molar-refractivity contribution in [3.63, 3.8) is 0 Å². The van der Waals surface area contributed by atoms with Crippen LogP contribution in [0.25, 0.3) is 0 Å². The van der Waals surface area contributed by atoms with Crippen LogP contribution in [-0.2, 0) is 5.60 Å². The Balaban J connectivity index is 2.38. The van der Waals surface area contributed by atoms with Crippen LogP contribution >= 0.6 is 0 Å². The molecular formula is C12H15FO. The maximum Gasteiger partial charge on any atom is 0.123 e. The molecule has 0 amide bonds. The summed E-state index contributed by atoms with van der Waals surface area (Å²) in [6.45, 7) is 2.03. The summed E-state index contributed by atoms with van der Waals surface area (Å²) in [5.74, 6) is -0.0423. The first-order chi connectivity index (χ1) is 6.63. The Labute approximate surface area is 83.6 Å². The lowest BCUT2D eigenvalue weighted by Gasteiger charge is -2.28. The lowest BCUT2D eigenvalue weighted by Crippen LogP contribution is -2.28. The van der Waals surface area contributed by atoms with E-state index in [4.69, 9.17) is 0 Å². The first kappa shape index (κ1) is 9.66. The molecule has 0 saturated heterocycles. The van der Waals surface area contributed by atoms with Gasteiger partial charge in [0.05, 0.1) is 5.60 Å². The molecule has 1 saturated carbocycles. The van der Waals surface area contributed by atoms with Crippen LogP contribution in [0.1, 0.15) is 31.7 Å². The largest absolute Gasteiger partial charge is 0.385 e. The Bertz CT molecular complexity index is 337. The van der Waals surface area contributed by atoms with E-state index >= 15 is 0 Å². The first-order valence-electron chi connectivity index (χ1n) is 5.11. The van der Waals surface area contributed by atoms with Gasteiger partial charge in [0.1, 0.15) is 5.82 Å². The molecule has 2 rings (SSSR count). The lowest BCUT2D eigenvalue weighted by atomic mass is 9.85. The van der Waals surface area contributed by atoms with Gasteiger partial charge in [-0.3, -0.25) is 0 Å². The highest BCUT2D eigenvalue weighted by Crippen LogP contribution is 2.43. The van der Waals surface area contributed by atoms with Crippen molar-refractivity contribution in [1.82, 2.24) is 0 Å². The molecule has 0 radical (unpaired) electrons. The van der Waals surface area contributed by atoms with Gasteiger partial charge < -0.3 is 5.11 Å². The van der Waals surface area contributed by atoms with Crippen molar-refractivity contribution in [3.05, 3.63) is 35.6 Å². The summed E-state index contributed by atoms with van der Waals surface area (Å²) in [6.07, 6.45) is 2.79. The van der Waals surface area contributed by atoms with E-state index < -0.39 is 5.60 Å². The molecular weight excluding hydrogens is 179 g/mol. The van der Waals surface area contributed by atoms with E-state index in [2.05, 4.69) is 0 Å². The van der Waals surface area contributed by atoms with E-state index in [0.29, 0.717) is 0 Å². The Morgan fingerprint density at radius 1 is 1.50 bits per heavy atom. The number of hydrogen-bond acceptors (Lipinski definition) is 1. The number of hydrogen-bond donors (Lipinski definition) is 1. The molecule has 1 aromatic rings. The summed E-state index contributed by atoms with van der Waals surface area (Å²) in [6, 6.07) is 6.33. The van der Waals surface area contributed by atoms with Crippen LogP contribution in [0.2, 0.25) is 0 Å². The quantitative estimate of drug-likeness (QED) is 0.728. The van der Waals surface area contributed by atoms with Gasteiger partial charge in [0.2, 0.25) is 0 Å². The van der Waals surface area contributed by atoms with Crippen LogP contribution < -0.4 is 0 Å². The van der Waals surface area contributed by atoms with Crippen LogP contribution in [0.15, 0.2) is 24.3 Å². The van der Waals surface area contributed by atoms with Gasteiger partial charge in [0, 0.05) is 0 Å². The van der Waals surface area contributed by atoms with E-state index in [0.717, 1.165) is 24.8 Å². The van der Waals surface area contributed by atoms with Crippen molar-refractivity contribution >= 4 is 0 Å². The number of rotatable bonds is 1. The maximum absolute atomic E-state index is 13.0. The van der Waals surface area contributed by atoms with Gasteiger partial charge in [-0.15, -0.1) is 0 Å². The summed E-state index contributed by atoms with van der Waals surface area (Å²) in [5, 5.41) is 10.4. The van der Waals surface area contributed by atoms with E-state index in [1.807, 2.05) is 13.0 Å². The second-order valence-corrected chi connectivity index (χ2v) is 4.23. The van der Waals surface area contributed by atoms with Gasteiger partial charge in [-0.25, -0.2) is 4.39 Å². The Kier molecular flexibility index (Phi) is 2.31. The summed E-state index contributed by atoms with van der Waals surface area (Å²) < 4.78 is 13.0. The maximum atomic E-state index is 13.0. The van der Waals surface area contributed by atoms with Crippen LogP contribution in [0.3, 0.4) is 0 Å². The SMILES string of the molecule is C[C@H]1CCC[C@]1(O)c1cccc(F)c1. The fourth-order valence-electron chi connectivity index (χ4n) is 2.35. The molecule has 0 unspecified atom stereocenters. The number of benzene rings is 1. The van der Waals surface area contributed by atoms with E-state index in [1.165, 1.54) is 12.1 Å². The number of aliphatic hydroxyl groups is 1. The molecule has 1 aliphatic carbocycles. The third-order valence-corrected chi connectivity index (χ3v) is 3.33. The highest BCUT2D eigenvalue weighted by atomic mass is 19.1. The van der Waals surface area contributed by atoms with E-state index in [9.17, 15) is 9.50 Å². The monoisotopic (exact) mass is 194 g/mol. The highest BCUT2D eigenvalue weighted by molar-refractivity contribution is 5.25.